The molecular weight excluding hydrogens is 347 g/mol. The van der Waals surface area contributed by atoms with Gasteiger partial charge >= 0.3 is 0 Å². The minimum absolute atomic E-state index is 0.0251. The molecule has 0 aromatic rings. The summed E-state index contributed by atoms with van der Waals surface area (Å²) < 4.78 is 13.7. The first-order chi connectivity index (χ1) is 12.9. The minimum Gasteiger partial charge on any atom is -0.381 e. The molecule has 4 N–H and O–H groups in total. The summed E-state index contributed by atoms with van der Waals surface area (Å²) in [5.41, 5.74) is 2.18. The van der Waals surface area contributed by atoms with Gasteiger partial charge < -0.3 is 21.3 Å². The van der Waals surface area contributed by atoms with Gasteiger partial charge in [-0.05, 0) is 19.9 Å². The van der Waals surface area contributed by atoms with Crippen molar-refractivity contribution in [1.82, 2.24) is 21.3 Å². The molecule has 27 heavy (non-hydrogen) atoms. The fourth-order valence-electron chi connectivity index (χ4n) is 4.23. The highest BCUT2D eigenvalue weighted by molar-refractivity contribution is 5.98. The van der Waals surface area contributed by atoms with E-state index in [1.54, 1.807) is 6.08 Å². The molecule has 2 amide bonds. The highest BCUT2D eigenvalue weighted by atomic mass is 19.1. The topological polar surface area (TPSA) is 82.3 Å². The highest BCUT2D eigenvalue weighted by Gasteiger charge is 2.41. The van der Waals surface area contributed by atoms with E-state index in [2.05, 4.69) is 21.3 Å². The number of fused-ring (bicyclic) bond motifs is 1. The highest BCUT2D eigenvalue weighted by Crippen LogP contribution is 2.37. The lowest BCUT2D eigenvalue weighted by molar-refractivity contribution is -0.118. The first-order valence-corrected chi connectivity index (χ1v) is 9.75. The molecule has 4 atom stereocenters. The normalized spacial score (nSPS) is 31.5. The van der Waals surface area contributed by atoms with E-state index >= 15 is 0 Å². The van der Waals surface area contributed by atoms with Gasteiger partial charge in [0.05, 0.1) is 11.9 Å². The Morgan fingerprint density at radius 1 is 1.37 bits per heavy atom. The lowest BCUT2D eigenvalue weighted by atomic mass is 9.84. The monoisotopic (exact) mass is 376 g/mol. The van der Waals surface area contributed by atoms with Gasteiger partial charge in [-0.3, -0.25) is 9.59 Å². The van der Waals surface area contributed by atoms with Crippen LogP contribution in [0.15, 0.2) is 34.8 Å². The molecule has 2 aliphatic heterocycles. The van der Waals surface area contributed by atoms with Crippen LogP contribution in [0, 0.1) is 11.8 Å². The Kier molecular flexibility index (Phi) is 5.99. The predicted molar refractivity (Wildman–Crippen MR) is 102 cm³/mol. The largest absolute Gasteiger partial charge is 0.381 e. The number of rotatable bonds is 6. The summed E-state index contributed by atoms with van der Waals surface area (Å²) in [5.74, 6) is -0.543. The third-order valence-electron chi connectivity index (χ3n) is 5.69. The van der Waals surface area contributed by atoms with Gasteiger partial charge in [0, 0.05) is 54.2 Å². The van der Waals surface area contributed by atoms with Crippen molar-refractivity contribution in [2.45, 2.75) is 45.7 Å². The number of halogens is 1. The molecular formula is C20H29FN4O2. The second kappa shape index (κ2) is 8.25. The summed E-state index contributed by atoms with van der Waals surface area (Å²) in [6.07, 6.45) is 4.25. The van der Waals surface area contributed by atoms with Gasteiger partial charge in [-0.25, -0.2) is 4.39 Å². The Bertz CT molecular complexity index is 713. The number of amides is 2. The van der Waals surface area contributed by atoms with Gasteiger partial charge in [-0.1, -0.05) is 26.0 Å². The average Bonchev–Trinajstić information content (AvgIpc) is 3.08. The number of carbonyl (C=O) groups excluding carboxylic acids is 2. The molecule has 1 aliphatic carbocycles. The van der Waals surface area contributed by atoms with Crippen molar-refractivity contribution in [2.24, 2.45) is 11.8 Å². The van der Waals surface area contributed by atoms with Gasteiger partial charge in [0.1, 0.15) is 0 Å². The first kappa shape index (κ1) is 19.6. The van der Waals surface area contributed by atoms with E-state index in [0.29, 0.717) is 18.5 Å². The molecule has 148 valence electrons. The number of carbonyl (C=O) groups is 2. The molecule has 1 unspecified atom stereocenters. The maximum atomic E-state index is 13.7. The molecule has 3 rings (SSSR count). The Labute approximate surface area is 159 Å². The van der Waals surface area contributed by atoms with Crippen molar-refractivity contribution in [3.8, 4) is 0 Å². The van der Waals surface area contributed by atoms with Crippen molar-refractivity contribution in [3.05, 3.63) is 34.8 Å². The number of hydrogen-bond acceptors (Lipinski definition) is 4. The fourth-order valence-corrected chi connectivity index (χ4v) is 4.23. The second-order valence-electron chi connectivity index (χ2n) is 7.51. The molecule has 1 saturated heterocycles. The van der Waals surface area contributed by atoms with E-state index in [4.69, 9.17) is 0 Å². The predicted octanol–water partition coefficient (Wildman–Crippen LogP) is 1.28. The standard InChI is InChI=1S/C20H29FN4O2/c1-4-22-7-8-23-20(27)18-11(2)17(24-12(18)3)10-15-14-9-13(21)5-6-16(14)25-19(15)26/h5,10-11,14,16-17,22,24H,4,6-9H2,1-3H3,(H,23,27)(H,25,26)/b15-10-/t11?,14-,16-,17-/m0/s1. The quantitative estimate of drug-likeness (QED) is 0.416. The Morgan fingerprint density at radius 3 is 2.89 bits per heavy atom. The van der Waals surface area contributed by atoms with Gasteiger partial charge in [-0.2, -0.15) is 0 Å². The molecule has 0 bridgehead atoms. The molecule has 0 spiro atoms. The molecule has 0 aromatic carbocycles. The van der Waals surface area contributed by atoms with Crippen LogP contribution in [-0.4, -0.2) is 43.5 Å². The van der Waals surface area contributed by atoms with Crippen LogP contribution in [0.1, 0.15) is 33.6 Å². The second-order valence-corrected chi connectivity index (χ2v) is 7.51. The van der Waals surface area contributed by atoms with Crippen molar-refractivity contribution in [1.29, 1.82) is 0 Å². The summed E-state index contributed by atoms with van der Waals surface area (Å²) in [4.78, 5) is 24.9. The van der Waals surface area contributed by atoms with Crippen LogP contribution in [0.2, 0.25) is 0 Å². The van der Waals surface area contributed by atoms with Gasteiger partial charge in [-0.15, -0.1) is 0 Å². The number of hydrogen-bond donors (Lipinski definition) is 4. The zero-order valence-corrected chi connectivity index (χ0v) is 16.2. The van der Waals surface area contributed by atoms with E-state index in [0.717, 1.165) is 24.4 Å². The van der Waals surface area contributed by atoms with Gasteiger partial charge in [0.25, 0.3) is 0 Å². The van der Waals surface area contributed by atoms with E-state index in [9.17, 15) is 14.0 Å². The SMILES string of the molecule is CCNCCNC(=O)C1=C(C)N[C@@H](/C=C2\C(=O)N[C@H]3CC=C(F)C[C@@H]23)C1C. The van der Waals surface area contributed by atoms with Crippen molar-refractivity contribution in [2.75, 3.05) is 19.6 Å². The third-order valence-corrected chi connectivity index (χ3v) is 5.69. The smallest absolute Gasteiger partial charge is 0.249 e. The van der Waals surface area contributed by atoms with E-state index in [-0.39, 0.29) is 48.0 Å². The summed E-state index contributed by atoms with van der Waals surface area (Å²) in [6, 6.07) is -0.171. The van der Waals surface area contributed by atoms with Crippen LogP contribution in [-0.2, 0) is 9.59 Å². The summed E-state index contributed by atoms with van der Waals surface area (Å²) >= 11 is 0. The fraction of sp³-hybridized carbons (Fsp3) is 0.600. The zero-order valence-electron chi connectivity index (χ0n) is 16.2. The summed E-state index contributed by atoms with van der Waals surface area (Å²) in [7, 11) is 0. The van der Waals surface area contributed by atoms with Crippen molar-refractivity contribution >= 4 is 11.8 Å². The lowest BCUT2D eigenvalue weighted by Crippen LogP contribution is -2.34. The number of nitrogens with one attached hydrogen (secondary N) is 4. The number of likely N-dealkylation sites (N-methyl/N-ethyl adjacent to an activating group) is 1. The van der Waals surface area contributed by atoms with Crippen LogP contribution in [0.5, 0.6) is 0 Å². The van der Waals surface area contributed by atoms with Crippen LogP contribution in [0.4, 0.5) is 4.39 Å². The third kappa shape index (κ3) is 4.08. The maximum absolute atomic E-state index is 13.7. The van der Waals surface area contributed by atoms with E-state index in [1.807, 2.05) is 26.8 Å². The van der Waals surface area contributed by atoms with Crippen LogP contribution >= 0.6 is 0 Å². The van der Waals surface area contributed by atoms with E-state index in [1.165, 1.54) is 0 Å². The van der Waals surface area contributed by atoms with Crippen molar-refractivity contribution < 1.29 is 14.0 Å². The number of allylic oxidation sites excluding steroid dienone is 2. The van der Waals surface area contributed by atoms with Gasteiger partial charge in [0.2, 0.25) is 11.8 Å². The molecule has 0 radical (unpaired) electrons. The summed E-state index contributed by atoms with van der Waals surface area (Å²) in [5, 5.41) is 12.4. The minimum atomic E-state index is -0.152. The van der Waals surface area contributed by atoms with Gasteiger partial charge in [0.15, 0.2) is 0 Å². The molecule has 0 aromatic heterocycles. The molecule has 1 fully saturated rings. The first-order valence-electron chi connectivity index (χ1n) is 9.75. The molecule has 0 saturated carbocycles. The molecule has 6 nitrogen and oxygen atoms in total. The van der Waals surface area contributed by atoms with Crippen molar-refractivity contribution in [3.63, 3.8) is 0 Å². The Balaban J connectivity index is 1.69. The maximum Gasteiger partial charge on any atom is 0.249 e. The lowest BCUT2D eigenvalue weighted by Gasteiger charge is -2.22. The molecule has 3 aliphatic rings. The van der Waals surface area contributed by atoms with Crippen LogP contribution < -0.4 is 21.3 Å². The Morgan fingerprint density at radius 2 is 2.15 bits per heavy atom. The van der Waals surface area contributed by atoms with Crippen LogP contribution in [0.3, 0.4) is 0 Å². The Hall–Kier alpha value is -2.15. The average molecular weight is 376 g/mol. The summed E-state index contributed by atoms with van der Waals surface area (Å²) in [6.45, 7) is 8.05. The van der Waals surface area contributed by atoms with Crippen LogP contribution in [0.25, 0.3) is 0 Å². The molecule has 7 heteroatoms. The molecule has 2 heterocycles. The van der Waals surface area contributed by atoms with E-state index < -0.39 is 0 Å². The zero-order chi connectivity index (χ0) is 19.6.